The van der Waals surface area contributed by atoms with Crippen LogP contribution in [0.3, 0.4) is 0 Å². The number of halogens is 3. The van der Waals surface area contributed by atoms with Crippen molar-refractivity contribution in [1.29, 1.82) is 0 Å². The van der Waals surface area contributed by atoms with Crippen molar-refractivity contribution in [3.8, 4) is 0 Å². The fourth-order valence-corrected chi connectivity index (χ4v) is 2.34. The second kappa shape index (κ2) is 5.80. The van der Waals surface area contributed by atoms with Crippen molar-refractivity contribution in [3.63, 3.8) is 0 Å². The van der Waals surface area contributed by atoms with Crippen LogP contribution in [0, 0.1) is 0 Å². The van der Waals surface area contributed by atoms with E-state index in [4.69, 9.17) is 44.3 Å². The molecule has 2 rings (SSSR count). The molecule has 1 N–H and O–H groups in total. The lowest BCUT2D eigenvalue weighted by atomic mass is 10.0. The first-order chi connectivity index (χ1) is 8.56. The molecule has 100 valence electrons. The molecule has 0 aromatic carbocycles. The fraction of sp³-hybridized carbons (Fsp3) is 0.545. The van der Waals surface area contributed by atoms with Crippen LogP contribution in [0.5, 0.6) is 0 Å². The lowest BCUT2D eigenvalue weighted by Crippen LogP contribution is -2.39. The highest BCUT2D eigenvalue weighted by Gasteiger charge is 2.35. The highest BCUT2D eigenvalue weighted by Crippen LogP contribution is 2.30. The molecule has 1 aliphatic heterocycles. The van der Waals surface area contributed by atoms with Crippen molar-refractivity contribution in [1.82, 2.24) is 4.98 Å². The Morgan fingerprint density at radius 2 is 2.22 bits per heavy atom. The Bertz CT molecular complexity index is 437. The van der Waals surface area contributed by atoms with Gasteiger partial charge in [-0.3, -0.25) is 0 Å². The minimum absolute atomic E-state index is 0.220. The molecule has 1 aromatic heterocycles. The maximum atomic E-state index is 6.04. The molecular formula is C11H13Cl3N2O2. The molecule has 2 heterocycles. The Hall–Kier alpha value is -0.260. The summed E-state index contributed by atoms with van der Waals surface area (Å²) in [4.78, 5) is 4.09. The first-order valence-corrected chi connectivity index (χ1v) is 6.58. The molecule has 0 radical (unpaired) electrons. The lowest BCUT2D eigenvalue weighted by Gasteiger charge is -2.26. The average Bonchev–Trinajstić information content (AvgIpc) is 2.82. The first kappa shape index (κ1) is 14.2. The van der Waals surface area contributed by atoms with Crippen LogP contribution in [0.2, 0.25) is 15.2 Å². The van der Waals surface area contributed by atoms with Crippen LogP contribution < -0.4 is 5.32 Å². The zero-order chi connectivity index (χ0) is 13.2. The van der Waals surface area contributed by atoms with E-state index in [0.29, 0.717) is 35.6 Å². The molecule has 18 heavy (non-hydrogen) atoms. The van der Waals surface area contributed by atoms with Gasteiger partial charge in [0.15, 0.2) is 0 Å². The zero-order valence-electron chi connectivity index (χ0n) is 9.80. The van der Waals surface area contributed by atoms with Gasteiger partial charge in [-0.15, -0.1) is 0 Å². The van der Waals surface area contributed by atoms with E-state index < -0.39 is 0 Å². The molecule has 0 amide bonds. The van der Waals surface area contributed by atoms with Crippen molar-refractivity contribution >= 4 is 40.6 Å². The Morgan fingerprint density at radius 1 is 1.44 bits per heavy atom. The van der Waals surface area contributed by atoms with Gasteiger partial charge in [0.2, 0.25) is 0 Å². The number of rotatable bonds is 4. The molecule has 4 nitrogen and oxygen atoms in total. The third-order valence-corrected chi connectivity index (χ3v) is 3.93. The minimum Gasteiger partial charge on any atom is -0.378 e. The molecule has 1 aliphatic rings. The van der Waals surface area contributed by atoms with Crippen molar-refractivity contribution in [3.05, 3.63) is 21.3 Å². The summed E-state index contributed by atoms with van der Waals surface area (Å²) in [5.74, 6) is 0.495. The van der Waals surface area contributed by atoms with E-state index in [-0.39, 0.29) is 10.8 Å². The van der Waals surface area contributed by atoms with E-state index in [9.17, 15) is 0 Å². The van der Waals surface area contributed by atoms with Crippen LogP contribution >= 0.6 is 34.8 Å². The van der Waals surface area contributed by atoms with Crippen LogP contribution in [-0.4, -0.2) is 37.5 Å². The van der Waals surface area contributed by atoms with Gasteiger partial charge in [0.1, 0.15) is 16.6 Å². The van der Waals surface area contributed by atoms with Crippen LogP contribution in [0.4, 0.5) is 5.82 Å². The number of nitrogens with one attached hydrogen (secondary N) is 1. The number of ether oxygens (including phenoxy) is 2. The third-order valence-electron chi connectivity index (χ3n) is 2.96. The molecular weight excluding hydrogens is 298 g/mol. The Balaban J connectivity index is 2.08. The van der Waals surface area contributed by atoms with E-state index in [1.807, 2.05) is 0 Å². The van der Waals surface area contributed by atoms with E-state index in [0.717, 1.165) is 6.42 Å². The van der Waals surface area contributed by atoms with Gasteiger partial charge in [-0.05, 0) is 6.07 Å². The zero-order valence-corrected chi connectivity index (χ0v) is 12.1. The molecule has 0 saturated carbocycles. The van der Waals surface area contributed by atoms with Crippen LogP contribution in [-0.2, 0) is 9.47 Å². The third kappa shape index (κ3) is 3.00. The van der Waals surface area contributed by atoms with Gasteiger partial charge in [0.05, 0.1) is 16.7 Å². The molecule has 0 spiro atoms. The summed E-state index contributed by atoms with van der Waals surface area (Å²) >= 11 is 17.7. The van der Waals surface area contributed by atoms with Crippen molar-refractivity contribution < 1.29 is 9.47 Å². The minimum atomic E-state index is -0.336. The molecule has 0 bridgehead atoms. The average molecular weight is 312 g/mol. The number of methoxy groups -OCH3 is 1. The van der Waals surface area contributed by atoms with Crippen LogP contribution in [0.1, 0.15) is 6.42 Å². The molecule has 1 fully saturated rings. The van der Waals surface area contributed by atoms with Gasteiger partial charge in [0, 0.05) is 26.7 Å². The Kier molecular flexibility index (Phi) is 4.56. The molecule has 1 saturated heterocycles. The first-order valence-electron chi connectivity index (χ1n) is 5.45. The van der Waals surface area contributed by atoms with Gasteiger partial charge in [-0.1, -0.05) is 34.8 Å². The van der Waals surface area contributed by atoms with Crippen LogP contribution in [0.25, 0.3) is 0 Å². The maximum Gasteiger partial charge on any atom is 0.150 e. The smallest absolute Gasteiger partial charge is 0.150 e. The predicted octanol–water partition coefficient (Wildman–Crippen LogP) is 3.26. The monoisotopic (exact) mass is 310 g/mol. The van der Waals surface area contributed by atoms with Gasteiger partial charge < -0.3 is 14.8 Å². The van der Waals surface area contributed by atoms with E-state index in [1.54, 1.807) is 13.2 Å². The van der Waals surface area contributed by atoms with Crippen LogP contribution in [0.15, 0.2) is 6.07 Å². The molecule has 0 aliphatic carbocycles. The number of nitrogens with zero attached hydrogens (tertiary/aromatic N) is 1. The SMILES string of the molecule is COC1(CNc2nc(Cl)c(Cl)cc2Cl)CCOC1. The van der Waals surface area contributed by atoms with Crippen molar-refractivity contribution in [2.75, 3.05) is 32.2 Å². The second-order valence-corrected chi connectivity index (χ2v) is 5.31. The molecule has 1 unspecified atom stereocenters. The summed E-state index contributed by atoms with van der Waals surface area (Å²) in [5, 5.41) is 4.10. The Morgan fingerprint density at radius 3 is 2.83 bits per heavy atom. The topological polar surface area (TPSA) is 43.4 Å². The van der Waals surface area contributed by atoms with Gasteiger partial charge in [0.25, 0.3) is 0 Å². The summed E-state index contributed by atoms with van der Waals surface area (Å²) in [5.41, 5.74) is -0.336. The number of aromatic nitrogens is 1. The van der Waals surface area contributed by atoms with Gasteiger partial charge in [-0.2, -0.15) is 0 Å². The van der Waals surface area contributed by atoms with Gasteiger partial charge >= 0.3 is 0 Å². The quantitative estimate of drug-likeness (QED) is 0.867. The fourth-order valence-electron chi connectivity index (χ4n) is 1.77. The van der Waals surface area contributed by atoms with E-state index in [2.05, 4.69) is 10.3 Å². The molecule has 1 atom stereocenters. The van der Waals surface area contributed by atoms with Crippen molar-refractivity contribution in [2.45, 2.75) is 12.0 Å². The normalized spacial score (nSPS) is 23.3. The highest BCUT2D eigenvalue weighted by atomic mass is 35.5. The largest absolute Gasteiger partial charge is 0.378 e. The second-order valence-electron chi connectivity index (χ2n) is 4.13. The summed E-state index contributed by atoms with van der Waals surface area (Å²) in [6.45, 7) is 1.79. The Labute approximate surface area is 121 Å². The predicted molar refractivity (Wildman–Crippen MR) is 72.9 cm³/mol. The molecule has 7 heteroatoms. The van der Waals surface area contributed by atoms with E-state index in [1.165, 1.54) is 0 Å². The number of anilines is 1. The maximum absolute atomic E-state index is 6.04. The number of hydrogen-bond acceptors (Lipinski definition) is 4. The van der Waals surface area contributed by atoms with E-state index >= 15 is 0 Å². The summed E-state index contributed by atoms with van der Waals surface area (Å²) in [7, 11) is 1.67. The standard InChI is InChI=1S/C11H13Cl3N2O2/c1-17-11(2-3-18-6-11)5-15-10-8(13)4-7(12)9(14)16-10/h4H,2-3,5-6H2,1H3,(H,15,16). The number of pyridine rings is 1. The van der Waals surface area contributed by atoms with Gasteiger partial charge in [-0.25, -0.2) is 4.98 Å². The number of hydrogen-bond donors (Lipinski definition) is 1. The summed E-state index contributed by atoms with van der Waals surface area (Å²) < 4.78 is 10.8. The summed E-state index contributed by atoms with van der Waals surface area (Å²) in [6, 6.07) is 1.56. The highest BCUT2D eigenvalue weighted by molar-refractivity contribution is 6.42. The summed E-state index contributed by atoms with van der Waals surface area (Å²) in [6.07, 6.45) is 0.829. The lowest BCUT2D eigenvalue weighted by molar-refractivity contribution is -0.00625. The molecule has 1 aromatic rings. The van der Waals surface area contributed by atoms with Crippen molar-refractivity contribution in [2.24, 2.45) is 0 Å².